The first-order valence-corrected chi connectivity index (χ1v) is 6.48. The molecule has 0 rings (SSSR count). The Morgan fingerprint density at radius 2 is 1.88 bits per heavy atom. The summed E-state index contributed by atoms with van der Waals surface area (Å²) in [6.45, 7) is 2.44. The molecule has 6 nitrogen and oxygen atoms in total. The van der Waals surface area contributed by atoms with E-state index in [0.717, 1.165) is 0 Å². The molecule has 0 bridgehead atoms. The predicted molar refractivity (Wildman–Crippen MR) is 59.1 cm³/mol. The molecule has 0 aromatic carbocycles. The lowest BCUT2D eigenvalue weighted by molar-refractivity contribution is -0.0306. The lowest BCUT2D eigenvalue weighted by Gasteiger charge is -2.15. The highest BCUT2D eigenvalue weighted by Gasteiger charge is 2.17. The summed E-state index contributed by atoms with van der Waals surface area (Å²) in [4.78, 5) is 0. The van der Waals surface area contributed by atoms with Crippen LogP contribution < -0.4 is 0 Å². The molecule has 2 atom stereocenters. The van der Waals surface area contributed by atoms with Gasteiger partial charge in [-0.15, -0.1) is 0 Å². The monoisotopic (exact) mass is 256 g/mol. The lowest BCUT2D eigenvalue weighted by Crippen LogP contribution is -2.25. The molecule has 0 aliphatic heterocycles. The summed E-state index contributed by atoms with van der Waals surface area (Å²) < 4.78 is 45.2. The van der Waals surface area contributed by atoms with E-state index in [4.69, 9.17) is 18.8 Å². The Balaban J connectivity index is 3.67. The van der Waals surface area contributed by atoms with Crippen LogP contribution in [0.15, 0.2) is 0 Å². The van der Waals surface area contributed by atoms with E-state index in [1.165, 1.54) is 6.92 Å². The molecule has 0 spiro atoms. The third-order valence-corrected chi connectivity index (χ3v) is 3.42. The van der Waals surface area contributed by atoms with Crippen LogP contribution >= 0.6 is 0 Å². The van der Waals surface area contributed by atoms with Crippen LogP contribution in [0.1, 0.15) is 13.3 Å². The van der Waals surface area contributed by atoms with E-state index in [2.05, 4.69) is 0 Å². The van der Waals surface area contributed by atoms with Gasteiger partial charge in [0.15, 0.2) is 0 Å². The number of rotatable bonds is 9. The highest BCUT2D eigenvalue weighted by Crippen LogP contribution is 2.03. The fourth-order valence-electron chi connectivity index (χ4n) is 0.983. The second-order valence-electron chi connectivity index (χ2n) is 3.50. The van der Waals surface area contributed by atoms with Crippen molar-refractivity contribution in [3.05, 3.63) is 0 Å². The number of hydrogen-bond acceptors (Lipinski definition) is 5. The van der Waals surface area contributed by atoms with Gasteiger partial charge in [0.25, 0.3) is 10.1 Å². The van der Waals surface area contributed by atoms with E-state index < -0.39 is 15.4 Å². The second-order valence-corrected chi connectivity index (χ2v) is 5.34. The zero-order valence-electron chi connectivity index (χ0n) is 9.88. The van der Waals surface area contributed by atoms with Gasteiger partial charge in [-0.3, -0.25) is 4.55 Å². The molecule has 0 amide bonds. The fourth-order valence-corrected chi connectivity index (χ4v) is 1.38. The molecule has 0 radical (unpaired) electrons. The largest absolute Gasteiger partial charge is 0.382 e. The Labute approximate surface area is 96.6 Å². The summed E-state index contributed by atoms with van der Waals surface area (Å²) in [7, 11) is -0.844. The fraction of sp³-hybridized carbons (Fsp3) is 1.00. The van der Waals surface area contributed by atoms with Gasteiger partial charge in [0.1, 0.15) is 6.10 Å². The Bertz CT molecular complexity index is 263. The molecule has 0 heterocycles. The molecule has 98 valence electrons. The van der Waals surface area contributed by atoms with Crippen LogP contribution in [0, 0.1) is 0 Å². The zero-order valence-corrected chi connectivity index (χ0v) is 10.7. The molecule has 0 aromatic heterocycles. The van der Waals surface area contributed by atoms with Gasteiger partial charge in [0, 0.05) is 20.8 Å². The summed E-state index contributed by atoms with van der Waals surface area (Å²) >= 11 is 0. The summed E-state index contributed by atoms with van der Waals surface area (Å²) in [6, 6.07) is 0. The molecule has 7 heteroatoms. The highest BCUT2D eigenvalue weighted by molar-refractivity contribution is 7.86. The molecule has 16 heavy (non-hydrogen) atoms. The van der Waals surface area contributed by atoms with Crippen molar-refractivity contribution in [3.8, 4) is 0 Å². The van der Waals surface area contributed by atoms with Gasteiger partial charge in [-0.2, -0.15) is 8.42 Å². The zero-order chi connectivity index (χ0) is 12.6. The van der Waals surface area contributed by atoms with Crippen molar-refractivity contribution in [1.82, 2.24) is 0 Å². The Hall–Kier alpha value is -0.210. The summed E-state index contributed by atoms with van der Waals surface area (Å²) in [5.41, 5.74) is 0. The van der Waals surface area contributed by atoms with Crippen LogP contribution in [0.2, 0.25) is 0 Å². The lowest BCUT2D eigenvalue weighted by atomic mass is 10.3. The maximum atomic E-state index is 10.7. The summed E-state index contributed by atoms with van der Waals surface area (Å²) in [5.74, 6) is 0. The van der Waals surface area contributed by atoms with Gasteiger partial charge in [0.2, 0.25) is 0 Å². The average Bonchev–Trinajstić information content (AvgIpc) is 2.20. The van der Waals surface area contributed by atoms with Crippen LogP contribution in [0.4, 0.5) is 0 Å². The van der Waals surface area contributed by atoms with Crippen LogP contribution in [0.25, 0.3) is 0 Å². The SMILES string of the molecule is COCC(COCCC(C)S(=O)(=O)O)OC. The molecule has 0 fully saturated rings. The standard InChI is InChI=1S/C9H20O6S/c1-8(16(10,11)12)4-5-15-7-9(14-3)6-13-2/h8-9H,4-7H2,1-3H3,(H,10,11,12). The normalized spacial score (nSPS) is 16.0. The molecule has 2 unspecified atom stereocenters. The van der Waals surface area contributed by atoms with Crippen molar-refractivity contribution < 1.29 is 27.2 Å². The Morgan fingerprint density at radius 1 is 1.25 bits per heavy atom. The van der Waals surface area contributed by atoms with Crippen LogP contribution in [-0.4, -0.2) is 58.4 Å². The molecule has 0 aliphatic carbocycles. The third-order valence-electron chi connectivity index (χ3n) is 2.17. The Morgan fingerprint density at radius 3 is 2.31 bits per heavy atom. The predicted octanol–water partition coefficient (Wildman–Crippen LogP) is 0.331. The van der Waals surface area contributed by atoms with E-state index in [1.54, 1.807) is 14.2 Å². The molecule has 1 N–H and O–H groups in total. The minimum Gasteiger partial charge on any atom is -0.382 e. The summed E-state index contributed by atoms with van der Waals surface area (Å²) in [5, 5.41) is -0.809. The third kappa shape index (κ3) is 7.13. The number of hydrogen-bond donors (Lipinski definition) is 1. The Kier molecular flexibility index (Phi) is 7.86. The van der Waals surface area contributed by atoms with E-state index in [0.29, 0.717) is 13.2 Å². The topological polar surface area (TPSA) is 82.1 Å². The molecule has 0 saturated carbocycles. The summed E-state index contributed by atoms with van der Waals surface area (Å²) in [6.07, 6.45) is 0.0912. The van der Waals surface area contributed by atoms with Gasteiger partial charge >= 0.3 is 0 Å². The minimum absolute atomic E-state index is 0.161. The van der Waals surface area contributed by atoms with E-state index in [9.17, 15) is 8.42 Å². The van der Waals surface area contributed by atoms with E-state index in [-0.39, 0.29) is 19.1 Å². The molecule has 0 aliphatic rings. The van der Waals surface area contributed by atoms with Crippen molar-refractivity contribution in [2.75, 3.05) is 34.0 Å². The van der Waals surface area contributed by atoms with E-state index in [1.807, 2.05) is 0 Å². The quantitative estimate of drug-likeness (QED) is 0.473. The highest BCUT2D eigenvalue weighted by atomic mass is 32.2. The van der Waals surface area contributed by atoms with Gasteiger partial charge in [-0.25, -0.2) is 0 Å². The van der Waals surface area contributed by atoms with E-state index >= 15 is 0 Å². The van der Waals surface area contributed by atoms with Gasteiger partial charge in [0.05, 0.1) is 18.5 Å². The maximum Gasteiger partial charge on any atom is 0.267 e. The number of ether oxygens (including phenoxy) is 3. The van der Waals surface area contributed by atoms with Crippen molar-refractivity contribution >= 4 is 10.1 Å². The molecular formula is C9H20O6S. The van der Waals surface area contributed by atoms with Crippen molar-refractivity contribution in [2.45, 2.75) is 24.7 Å². The second kappa shape index (κ2) is 7.97. The van der Waals surface area contributed by atoms with Gasteiger partial charge in [-0.1, -0.05) is 0 Å². The molecular weight excluding hydrogens is 236 g/mol. The van der Waals surface area contributed by atoms with Crippen LogP contribution in [-0.2, 0) is 24.3 Å². The maximum absolute atomic E-state index is 10.7. The first-order valence-electron chi connectivity index (χ1n) is 4.97. The smallest absolute Gasteiger partial charge is 0.267 e. The van der Waals surface area contributed by atoms with Crippen LogP contribution in [0.3, 0.4) is 0 Å². The first kappa shape index (κ1) is 15.8. The van der Waals surface area contributed by atoms with Crippen molar-refractivity contribution in [1.29, 1.82) is 0 Å². The van der Waals surface area contributed by atoms with Gasteiger partial charge < -0.3 is 14.2 Å². The average molecular weight is 256 g/mol. The van der Waals surface area contributed by atoms with Crippen molar-refractivity contribution in [3.63, 3.8) is 0 Å². The first-order chi connectivity index (χ1) is 7.41. The number of methoxy groups -OCH3 is 2. The molecule has 0 saturated heterocycles. The van der Waals surface area contributed by atoms with Crippen LogP contribution in [0.5, 0.6) is 0 Å². The molecule has 0 aromatic rings. The minimum atomic E-state index is -3.96. The van der Waals surface area contributed by atoms with Crippen molar-refractivity contribution in [2.24, 2.45) is 0 Å². The van der Waals surface area contributed by atoms with Gasteiger partial charge in [-0.05, 0) is 13.3 Å².